The van der Waals surface area contributed by atoms with E-state index < -0.39 is 6.09 Å². The summed E-state index contributed by atoms with van der Waals surface area (Å²) >= 11 is 0. The zero-order valence-electron chi connectivity index (χ0n) is 7.57. The number of amides is 1. The number of aromatic nitrogens is 3. The summed E-state index contributed by atoms with van der Waals surface area (Å²) in [5.74, 6) is 0.678. The highest BCUT2D eigenvalue weighted by atomic mass is 16.5. The number of rotatable bonds is 3. The van der Waals surface area contributed by atoms with Gasteiger partial charge in [-0.2, -0.15) is 10.3 Å². The van der Waals surface area contributed by atoms with Crippen LogP contribution in [0.15, 0.2) is 6.20 Å². The van der Waals surface area contributed by atoms with Crippen molar-refractivity contribution in [2.45, 2.75) is 13.8 Å². The number of hydrogen-bond acceptors (Lipinski definition) is 4. The van der Waals surface area contributed by atoms with E-state index >= 15 is 0 Å². The van der Waals surface area contributed by atoms with Gasteiger partial charge in [-0.05, 0) is 5.92 Å². The molecule has 1 aromatic heterocycles. The smallest absolute Gasteiger partial charge is 0.412 e. The SMILES string of the molecule is CC(C)COC(=O)Nc1cn[nH]n1. The fraction of sp³-hybridized carbons (Fsp3) is 0.571. The molecule has 0 saturated heterocycles. The number of ether oxygens (including phenoxy) is 1. The predicted molar refractivity (Wildman–Crippen MR) is 46.2 cm³/mol. The van der Waals surface area contributed by atoms with Crippen LogP contribution in [0.25, 0.3) is 0 Å². The third-order valence-electron chi connectivity index (χ3n) is 1.19. The van der Waals surface area contributed by atoms with Crippen molar-refractivity contribution in [2.75, 3.05) is 11.9 Å². The van der Waals surface area contributed by atoms with E-state index in [0.29, 0.717) is 18.3 Å². The summed E-state index contributed by atoms with van der Waals surface area (Å²) in [4.78, 5) is 11.0. The van der Waals surface area contributed by atoms with Crippen LogP contribution in [0, 0.1) is 5.92 Å². The second-order valence-corrected chi connectivity index (χ2v) is 2.97. The summed E-state index contributed by atoms with van der Waals surface area (Å²) in [6.45, 7) is 4.32. The molecular formula is C7H12N4O2. The molecule has 1 aromatic rings. The quantitative estimate of drug-likeness (QED) is 0.734. The average Bonchev–Trinajstić information content (AvgIpc) is 2.53. The van der Waals surface area contributed by atoms with E-state index in [0.717, 1.165) is 0 Å². The van der Waals surface area contributed by atoms with E-state index in [4.69, 9.17) is 4.74 Å². The van der Waals surface area contributed by atoms with E-state index in [-0.39, 0.29) is 0 Å². The van der Waals surface area contributed by atoms with Crippen LogP contribution in [-0.4, -0.2) is 28.1 Å². The van der Waals surface area contributed by atoms with Gasteiger partial charge in [-0.25, -0.2) is 4.79 Å². The van der Waals surface area contributed by atoms with Gasteiger partial charge in [-0.15, -0.1) is 5.10 Å². The first kappa shape index (κ1) is 9.50. The molecule has 72 valence electrons. The minimum absolute atomic E-state index is 0.322. The van der Waals surface area contributed by atoms with Crippen LogP contribution < -0.4 is 5.32 Å². The van der Waals surface area contributed by atoms with E-state index in [9.17, 15) is 4.79 Å². The maximum absolute atomic E-state index is 11.0. The average molecular weight is 184 g/mol. The Morgan fingerprint density at radius 2 is 2.54 bits per heavy atom. The van der Waals surface area contributed by atoms with Crippen LogP contribution in [0.1, 0.15) is 13.8 Å². The van der Waals surface area contributed by atoms with Gasteiger partial charge >= 0.3 is 6.09 Å². The maximum atomic E-state index is 11.0. The minimum Gasteiger partial charge on any atom is -0.449 e. The summed E-state index contributed by atoms with van der Waals surface area (Å²) < 4.78 is 4.85. The fourth-order valence-corrected chi connectivity index (χ4v) is 0.645. The van der Waals surface area contributed by atoms with Gasteiger partial charge in [0, 0.05) is 0 Å². The maximum Gasteiger partial charge on any atom is 0.412 e. The van der Waals surface area contributed by atoms with Crippen LogP contribution in [0.3, 0.4) is 0 Å². The van der Waals surface area contributed by atoms with E-state index in [2.05, 4.69) is 20.7 Å². The predicted octanol–water partition coefficient (Wildman–Crippen LogP) is 1.01. The van der Waals surface area contributed by atoms with E-state index in [1.54, 1.807) is 0 Å². The third kappa shape index (κ3) is 3.55. The molecule has 0 atom stereocenters. The van der Waals surface area contributed by atoms with Gasteiger partial charge in [-0.1, -0.05) is 13.8 Å². The van der Waals surface area contributed by atoms with Crippen LogP contribution >= 0.6 is 0 Å². The minimum atomic E-state index is -0.511. The van der Waals surface area contributed by atoms with Crippen molar-refractivity contribution in [1.29, 1.82) is 0 Å². The molecule has 0 aliphatic heterocycles. The number of H-pyrrole nitrogens is 1. The summed E-state index contributed by atoms with van der Waals surface area (Å²) in [6, 6.07) is 0. The molecule has 0 spiro atoms. The van der Waals surface area contributed by atoms with Gasteiger partial charge in [0.25, 0.3) is 0 Å². The molecule has 0 radical (unpaired) electrons. The molecular weight excluding hydrogens is 172 g/mol. The van der Waals surface area contributed by atoms with Crippen molar-refractivity contribution in [3.63, 3.8) is 0 Å². The summed E-state index contributed by atoms with van der Waals surface area (Å²) in [5, 5.41) is 11.9. The Hall–Kier alpha value is -1.59. The molecule has 1 amide bonds. The highest BCUT2D eigenvalue weighted by molar-refractivity contribution is 5.82. The zero-order valence-corrected chi connectivity index (χ0v) is 7.57. The van der Waals surface area contributed by atoms with Crippen molar-refractivity contribution in [2.24, 2.45) is 5.92 Å². The lowest BCUT2D eigenvalue weighted by atomic mass is 10.2. The second kappa shape index (κ2) is 4.44. The topological polar surface area (TPSA) is 79.9 Å². The first-order valence-electron chi connectivity index (χ1n) is 3.98. The molecule has 0 fully saturated rings. The molecule has 0 aliphatic carbocycles. The molecule has 0 bridgehead atoms. The number of aromatic amines is 1. The zero-order chi connectivity index (χ0) is 9.68. The van der Waals surface area contributed by atoms with Gasteiger partial charge in [0.2, 0.25) is 0 Å². The molecule has 0 aliphatic rings. The van der Waals surface area contributed by atoms with Gasteiger partial charge in [0.1, 0.15) is 0 Å². The van der Waals surface area contributed by atoms with Crippen LogP contribution in [-0.2, 0) is 4.74 Å². The molecule has 6 nitrogen and oxygen atoms in total. The summed E-state index contributed by atoms with van der Waals surface area (Å²) in [5.41, 5.74) is 0. The lowest BCUT2D eigenvalue weighted by molar-refractivity contribution is 0.147. The second-order valence-electron chi connectivity index (χ2n) is 2.97. The Bertz CT molecular complexity index is 257. The van der Waals surface area contributed by atoms with Crippen LogP contribution in [0.4, 0.5) is 10.6 Å². The number of nitrogens with one attached hydrogen (secondary N) is 2. The van der Waals surface area contributed by atoms with Gasteiger partial charge < -0.3 is 4.74 Å². The van der Waals surface area contributed by atoms with Gasteiger partial charge in [0.15, 0.2) is 5.82 Å². The van der Waals surface area contributed by atoms with Crippen molar-refractivity contribution in [3.05, 3.63) is 6.20 Å². The first-order valence-corrected chi connectivity index (χ1v) is 3.98. The number of nitrogens with zero attached hydrogens (tertiary/aromatic N) is 2. The number of anilines is 1. The first-order chi connectivity index (χ1) is 6.18. The van der Waals surface area contributed by atoms with Crippen molar-refractivity contribution >= 4 is 11.9 Å². The summed E-state index contributed by atoms with van der Waals surface area (Å²) in [7, 11) is 0. The lowest BCUT2D eigenvalue weighted by Crippen LogP contribution is -2.16. The Morgan fingerprint density at radius 3 is 3.08 bits per heavy atom. The lowest BCUT2D eigenvalue weighted by Gasteiger charge is -2.06. The number of carbonyl (C=O) groups excluding carboxylic acids is 1. The molecule has 6 heteroatoms. The highest BCUT2D eigenvalue weighted by Crippen LogP contribution is 1.98. The van der Waals surface area contributed by atoms with Crippen LogP contribution in [0.2, 0.25) is 0 Å². The Kier molecular flexibility index (Phi) is 3.24. The van der Waals surface area contributed by atoms with Crippen molar-refractivity contribution < 1.29 is 9.53 Å². The molecule has 13 heavy (non-hydrogen) atoms. The van der Waals surface area contributed by atoms with Gasteiger partial charge in [-0.3, -0.25) is 5.32 Å². The molecule has 0 aromatic carbocycles. The van der Waals surface area contributed by atoms with Crippen LogP contribution in [0.5, 0.6) is 0 Å². The number of carbonyl (C=O) groups is 1. The van der Waals surface area contributed by atoms with Crippen molar-refractivity contribution in [3.8, 4) is 0 Å². The summed E-state index contributed by atoms with van der Waals surface area (Å²) in [6.07, 6.45) is 0.888. The third-order valence-corrected chi connectivity index (χ3v) is 1.19. The Labute approximate surface area is 75.7 Å². The van der Waals surface area contributed by atoms with E-state index in [1.807, 2.05) is 13.8 Å². The highest BCUT2D eigenvalue weighted by Gasteiger charge is 2.05. The number of hydrogen-bond donors (Lipinski definition) is 2. The van der Waals surface area contributed by atoms with Crippen molar-refractivity contribution in [1.82, 2.24) is 15.4 Å². The molecule has 2 N–H and O–H groups in total. The molecule has 1 heterocycles. The Balaban J connectivity index is 2.26. The standard InChI is InChI=1S/C7H12N4O2/c1-5(2)4-13-7(12)9-6-3-8-11-10-6/h3,5H,4H2,1-2H3,(H2,8,9,10,11,12). The molecule has 0 unspecified atom stereocenters. The Morgan fingerprint density at radius 1 is 1.77 bits per heavy atom. The molecule has 1 rings (SSSR count). The monoisotopic (exact) mass is 184 g/mol. The molecule has 0 saturated carbocycles. The normalized spacial score (nSPS) is 10.1. The van der Waals surface area contributed by atoms with Gasteiger partial charge in [0.05, 0.1) is 12.8 Å². The largest absolute Gasteiger partial charge is 0.449 e. The van der Waals surface area contributed by atoms with E-state index in [1.165, 1.54) is 6.20 Å². The fourth-order valence-electron chi connectivity index (χ4n) is 0.645.